The van der Waals surface area contributed by atoms with Crippen molar-refractivity contribution in [3.05, 3.63) is 48.2 Å². The van der Waals surface area contributed by atoms with Gasteiger partial charge in [0.15, 0.2) is 0 Å². The van der Waals surface area contributed by atoms with Gasteiger partial charge in [0, 0.05) is 20.2 Å². The van der Waals surface area contributed by atoms with E-state index in [2.05, 4.69) is 10.3 Å². The van der Waals surface area contributed by atoms with Crippen LogP contribution in [-0.4, -0.2) is 30.0 Å². The van der Waals surface area contributed by atoms with Crippen molar-refractivity contribution in [3.63, 3.8) is 0 Å². The zero-order chi connectivity index (χ0) is 17.0. The van der Waals surface area contributed by atoms with Crippen molar-refractivity contribution in [3.8, 4) is 11.6 Å². The molecule has 0 atom stereocenters. The summed E-state index contributed by atoms with van der Waals surface area (Å²) in [6.07, 6.45) is -3.09. The summed E-state index contributed by atoms with van der Waals surface area (Å²) in [6.45, 7) is 0. The summed E-state index contributed by atoms with van der Waals surface area (Å²) in [5.74, 6) is 0.143. The molecule has 0 fully saturated rings. The van der Waals surface area contributed by atoms with Gasteiger partial charge in [-0.15, -0.1) is 0 Å². The highest BCUT2D eigenvalue weighted by Crippen LogP contribution is 2.32. The van der Waals surface area contributed by atoms with Crippen LogP contribution in [0.15, 0.2) is 42.6 Å². The maximum Gasteiger partial charge on any atom is 0.416 e. The Morgan fingerprint density at radius 3 is 2.52 bits per heavy atom. The van der Waals surface area contributed by atoms with Crippen LogP contribution in [0.3, 0.4) is 0 Å². The van der Waals surface area contributed by atoms with Crippen LogP contribution in [0.2, 0.25) is 0 Å². The van der Waals surface area contributed by atoms with Crippen molar-refractivity contribution in [2.24, 2.45) is 0 Å². The second-order valence-electron chi connectivity index (χ2n) is 4.84. The van der Waals surface area contributed by atoms with E-state index in [0.717, 1.165) is 12.1 Å². The lowest BCUT2D eigenvalue weighted by atomic mass is 10.2. The fraction of sp³-hybridized carbons (Fsp3) is 0.200. The standard InChI is InChI=1S/C15H14F3N3O2/c1-21(2)14(22)20-11-6-7-13(19-9-11)23-12-5-3-4-10(8-12)15(16,17)18/h3-9H,1-2H3,(H,20,22). The molecule has 1 N–H and O–H groups in total. The molecule has 0 saturated carbocycles. The number of alkyl halides is 3. The number of anilines is 1. The number of amides is 2. The first kappa shape index (κ1) is 16.6. The zero-order valence-electron chi connectivity index (χ0n) is 12.4. The molecule has 0 aliphatic rings. The first-order chi connectivity index (χ1) is 10.8. The van der Waals surface area contributed by atoms with E-state index < -0.39 is 11.7 Å². The minimum atomic E-state index is -4.44. The van der Waals surface area contributed by atoms with Gasteiger partial charge >= 0.3 is 12.2 Å². The first-order valence-corrected chi connectivity index (χ1v) is 6.55. The van der Waals surface area contributed by atoms with Crippen LogP contribution in [0.4, 0.5) is 23.7 Å². The SMILES string of the molecule is CN(C)C(=O)Nc1ccc(Oc2cccc(C(F)(F)F)c2)nc1. The highest BCUT2D eigenvalue weighted by Gasteiger charge is 2.30. The first-order valence-electron chi connectivity index (χ1n) is 6.55. The number of pyridine rings is 1. The van der Waals surface area contributed by atoms with Crippen LogP contribution < -0.4 is 10.1 Å². The summed E-state index contributed by atoms with van der Waals surface area (Å²) >= 11 is 0. The number of halogens is 3. The average molecular weight is 325 g/mol. The Morgan fingerprint density at radius 1 is 1.22 bits per heavy atom. The van der Waals surface area contributed by atoms with Crippen LogP contribution >= 0.6 is 0 Å². The minimum absolute atomic E-state index is 0.0254. The number of ether oxygens (including phenoxy) is 1. The third kappa shape index (κ3) is 4.60. The Hall–Kier alpha value is -2.77. The summed E-state index contributed by atoms with van der Waals surface area (Å²) in [6, 6.07) is 7.17. The number of rotatable bonds is 3. The van der Waals surface area contributed by atoms with E-state index in [0.29, 0.717) is 5.69 Å². The molecule has 1 aromatic carbocycles. The van der Waals surface area contributed by atoms with Gasteiger partial charge in [0.05, 0.1) is 17.4 Å². The number of carbonyl (C=O) groups is 1. The fourth-order valence-corrected chi connectivity index (χ4v) is 1.61. The third-order valence-corrected chi connectivity index (χ3v) is 2.78. The van der Waals surface area contributed by atoms with Gasteiger partial charge in [-0.2, -0.15) is 13.2 Å². The molecule has 0 unspecified atom stereocenters. The highest BCUT2D eigenvalue weighted by atomic mass is 19.4. The van der Waals surface area contributed by atoms with Crippen molar-refractivity contribution < 1.29 is 22.7 Å². The predicted molar refractivity (Wildman–Crippen MR) is 78.5 cm³/mol. The van der Waals surface area contributed by atoms with E-state index in [1.54, 1.807) is 14.1 Å². The quantitative estimate of drug-likeness (QED) is 0.928. The van der Waals surface area contributed by atoms with Gasteiger partial charge in [0.1, 0.15) is 5.75 Å². The van der Waals surface area contributed by atoms with Gasteiger partial charge in [0.25, 0.3) is 0 Å². The molecule has 1 aromatic heterocycles. The number of nitrogens with one attached hydrogen (secondary N) is 1. The smallest absolute Gasteiger partial charge is 0.416 e. The summed E-state index contributed by atoms with van der Waals surface area (Å²) in [4.78, 5) is 16.8. The van der Waals surface area contributed by atoms with Gasteiger partial charge in [-0.05, 0) is 24.3 Å². The van der Waals surface area contributed by atoms with Crippen molar-refractivity contribution >= 4 is 11.7 Å². The maximum absolute atomic E-state index is 12.6. The van der Waals surface area contributed by atoms with E-state index in [4.69, 9.17) is 4.74 Å². The summed E-state index contributed by atoms with van der Waals surface area (Å²) in [7, 11) is 3.18. The summed E-state index contributed by atoms with van der Waals surface area (Å²) in [5, 5.41) is 2.58. The van der Waals surface area contributed by atoms with Gasteiger partial charge in [0.2, 0.25) is 5.88 Å². The second kappa shape index (κ2) is 6.55. The van der Waals surface area contributed by atoms with Gasteiger partial charge < -0.3 is 15.0 Å². The number of hydrogen-bond donors (Lipinski definition) is 1. The normalized spacial score (nSPS) is 11.0. The van der Waals surface area contributed by atoms with Crippen LogP contribution in [0.1, 0.15) is 5.56 Å². The van der Waals surface area contributed by atoms with Crippen molar-refractivity contribution in [1.82, 2.24) is 9.88 Å². The number of urea groups is 1. The molecule has 2 amide bonds. The topological polar surface area (TPSA) is 54.5 Å². The average Bonchev–Trinajstić information content (AvgIpc) is 2.48. The minimum Gasteiger partial charge on any atom is -0.439 e. The molecule has 0 bridgehead atoms. The molecule has 0 aliphatic carbocycles. The molecule has 23 heavy (non-hydrogen) atoms. The monoisotopic (exact) mass is 325 g/mol. The van der Waals surface area contributed by atoms with E-state index >= 15 is 0 Å². The number of carbonyl (C=O) groups excluding carboxylic acids is 1. The van der Waals surface area contributed by atoms with Gasteiger partial charge in [-0.1, -0.05) is 6.07 Å². The molecule has 2 rings (SSSR count). The lowest BCUT2D eigenvalue weighted by molar-refractivity contribution is -0.137. The Morgan fingerprint density at radius 2 is 1.96 bits per heavy atom. The van der Waals surface area contributed by atoms with E-state index in [-0.39, 0.29) is 17.7 Å². The molecule has 5 nitrogen and oxygen atoms in total. The summed E-state index contributed by atoms with van der Waals surface area (Å²) < 4.78 is 43.2. The summed E-state index contributed by atoms with van der Waals surface area (Å²) in [5.41, 5.74) is -0.357. The van der Waals surface area contributed by atoms with Crippen molar-refractivity contribution in [1.29, 1.82) is 0 Å². The van der Waals surface area contributed by atoms with Crippen molar-refractivity contribution in [2.45, 2.75) is 6.18 Å². The molecule has 0 saturated heterocycles. The maximum atomic E-state index is 12.6. The number of aromatic nitrogens is 1. The molecular formula is C15H14F3N3O2. The lowest BCUT2D eigenvalue weighted by Gasteiger charge is -2.12. The third-order valence-electron chi connectivity index (χ3n) is 2.78. The Bertz CT molecular complexity index is 685. The molecular weight excluding hydrogens is 311 g/mol. The number of benzene rings is 1. The molecule has 0 aliphatic heterocycles. The fourth-order valence-electron chi connectivity index (χ4n) is 1.61. The lowest BCUT2D eigenvalue weighted by Crippen LogP contribution is -2.27. The molecule has 0 radical (unpaired) electrons. The van der Waals surface area contributed by atoms with Crippen LogP contribution in [0.25, 0.3) is 0 Å². The molecule has 8 heteroatoms. The van der Waals surface area contributed by atoms with Crippen LogP contribution in [-0.2, 0) is 6.18 Å². The van der Waals surface area contributed by atoms with Crippen LogP contribution in [0, 0.1) is 0 Å². The van der Waals surface area contributed by atoms with E-state index in [1.165, 1.54) is 35.4 Å². The Balaban J connectivity index is 2.08. The molecule has 2 aromatic rings. The Kier molecular flexibility index (Phi) is 4.73. The van der Waals surface area contributed by atoms with Gasteiger partial charge in [-0.25, -0.2) is 9.78 Å². The van der Waals surface area contributed by atoms with E-state index in [1.807, 2.05) is 0 Å². The highest BCUT2D eigenvalue weighted by molar-refractivity contribution is 5.88. The molecule has 122 valence electrons. The van der Waals surface area contributed by atoms with Gasteiger partial charge in [-0.3, -0.25) is 0 Å². The van der Waals surface area contributed by atoms with Crippen molar-refractivity contribution in [2.75, 3.05) is 19.4 Å². The predicted octanol–water partition coefficient (Wildman–Crippen LogP) is 3.99. The zero-order valence-corrected chi connectivity index (χ0v) is 12.4. The number of hydrogen-bond acceptors (Lipinski definition) is 3. The van der Waals surface area contributed by atoms with Crippen LogP contribution in [0.5, 0.6) is 11.6 Å². The Labute approximate surface area is 130 Å². The molecule has 0 spiro atoms. The second-order valence-corrected chi connectivity index (χ2v) is 4.84. The number of nitrogens with zero attached hydrogens (tertiary/aromatic N) is 2. The molecule has 1 heterocycles. The van der Waals surface area contributed by atoms with E-state index in [9.17, 15) is 18.0 Å². The largest absolute Gasteiger partial charge is 0.439 e.